The molecule has 2 rings (SSSR count). The van der Waals surface area contributed by atoms with E-state index in [0.717, 1.165) is 4.31 Å². The van der Waals surface area contributed by atoms with Crippen LogP contribution in [0.1, 0.15) is 18.5 Å². The molecule has 0 bridgehead atoms. The molecule has 0 aromatic heterocycles. The van der Waals surface area contributed by atoms with Crippen molar-refractivity contribution in [1.29, 1.82) is 0 Å². The highest BCUT2D eigenvalue weighted by Gasteiger charge is 2.27. The predicted octanol–water partition coefficient (Wildman–Crippen LogP) is 2.99. The van der Waals surface area contributed by atoms with Crippen LogP contribution in [0.3, 0.4) is 0 Å². The third kappa shape index (κ3) is 5.18. The maximum absolute atomic E-state index is 13.0. The molecule has 9 heteroatoms. The summed E-state index contributed by atoms with van der Waals surface area (Å²) in [5.74, 6) is -0.746. The topological polar surface area (TPSA) is 75.7 Å². The summed E-state index contributed by atoms with van der Waals surface area (Å²) >= 11 is 5.89. The molecule has 0 unspecified atom stereocenters. The number of benzene rings is 2. The van der Waals surface area contributed by atoms with Crippen LogP contribution in [-0.2, 0) is 14.8 Å². The SMILES string of the molecule is COc1ccc(Cl)cc1S(=O)(=O)N(C)CC(=O)N[C@@H](C)c1ccc(F)cc1. The van der Waals surface area contributed by atoms with E-state index in [9.17, 15) is 17.6 Å². The first-order valence-electron chi connectivity index (χ1n) is 8.00. The lowest BCUT2D eigenvalue weighted by Crippen LogP contribution is -2.39. The van der Waals surface area contributed by atoms with E-state index in [2.05, 4.69) is 5.32 Å². The van der Waals surface area contributed by atoms with Crippen molar-refractivity contribution in [2.75, 3.05) is 20.7 Å². The van der Waals surface area contributed by atoms with Gasteiger partial charge < -0.3 is 10.1 Å². The summed E-state index contributed by atoms with van der Waals surface area (Å²) in [7, 11) is -1.36. The quantitative estimate of drug-likeness (QED) is 0.755. The molecule has 0 aliphatic heterocycles. The van der Waals surface area contributed by atoms with E-state index in [4.69, 9.17) is 16.3 Å². The Morgan fingerprint density at radius 3 is 2.48 bits per heavy atom. The first kappa shape index (κ1) is 21.1. The molecular formula is C18H20ClFN2O4S. The highest BCUT2D eigenvalue weighted by molar-refractivity contribution is 7.89. The Hall–Kier alpha value is -2.16. The monoisotopic (exact) mass is 414 g/mol. The lowest BCUT2D eigenvalue weighted by atomic mass is 10.1. The first-order valence-corrected chi connectivity index (χ1v) is 9.81. The molecule has 27 heavy (non-hydrogen) atoms. The lowest BCUT2D eigenvalue weighted by molar-refractivity contribution is -0.121. The van der Waals surface area contributed by atoms with E-state index in [0.29, 0.717) is 5.56 Å². The van der Waals surface area contributed by atoms with Crippen molar-refractivity contribution in [3.05, 3.63) is 58.9 Å². The number of rotatable bonds is 7. The molecule has 0 radical (unpaired) electrons. The van der Waals surface area contributed by atoms with Gasteiger partial charge in [0.2, 0.25) is 15.9 Å². The zero-order valence-electron chi connectivity index (χ0n) is 15.1. The van der Waals surface area contributed by atoms with Crippen LogP contribution in [0.25, 0.3) is 0 Å². The number of carbonyl (C=O) groups is 1. The second kappa shape index (κ2) is 8.69. The number of hydrogen-bond donors (Lipinski definition) is 1. The number of nitrogens with one attached hydrogen (secondary N) is 1. The molecule has 0 heterocycles. The number of sulfonamides is 1. The Morgan fingerprint density at radius 2 is 1.89 bits per heavy atom. The van der Waals surface area contributed by atoms with Crippen LogP contribution < -0.4 is 10.1 Å². The van der Waals surface area contributed by atoms with Gasteiger partial charge in [-0.05, 0) is 42.8 Å². The molecule has 0 fully saturated rings. The van der Waals surface area contributed by atoms with Crippen molar-refractivity contribution in [3.8, 4) is 5.75 Å². The van der Waals surface area contributed by atoms with Gasteiger partial charge in [-0.15, -0.1) is 0 Å². The lowest BCUT2D eigenvalue weighted by Gasteiger charge is -2.20. The normalized spacial score (nSPS) is 12.7. The Bertz CT molecular complexity index is 919. The summed E-state index contributed by atoms with van der Waals surface area (Å²) < 4.78 is 44.5. The highest BCUT2D eigenvalue weighted by Crippen LogP contribution is 2.29. The van der Waals surface area contributed by atoms with Gasteiger partial charge in [0.25, 0.3) is 0 Å². The molecule has 6 nitrogen and oxygen atoms in total. The molecule has 1 amide bonds. The predicted molar refractivity (Wildman–Crippen MR) is 101 cm³/mol. The van der Waals surface area contributed by atoms with E-state index in [1.807, 2.05) is 0 Å². The van der Waals surface area contributed by atoms with Crippen LogP contribution in [0.2, 0.25) is 5.02 Å². The molecule has 146 valence electrons. The van der Waals surface area contributed by atoms with E-state index in [1.165, 1.54) is 44.5 Å². The van der Waals surface area contributed by atoms with Crippen molar-refractivity contribution in [2.45, 2.75) is 17.9 Å². The van der Waals surface area contributed by atoms with Crippen molar-refractivity contribution < 1.29 is 22.3 Å². The van der Waals surface area contributed by atoms with Crippen LogP contribution in [0, 0.1) is 5.82 Å². The Morgan fingerprint density at radius 1 is 1.26 bits per heavy atom. The summed E-state index contributed by atoms with van der Waals surface area (Å²) in [6, 6.07) is 9.51. The fourth-order valence-corrected chi connectivity index (χ4v) is 3.97. The first-order chi connectivity index (χ1) is 12.6. The van der Waals surface area contributed by atoms with Gasteiger partial charge in [0.05, 0.1) is 19.7 Å². The largest absolute Gasteiger partial charge is 0.495 e. The summed E-state index contributed by atoms with van der Waals surface area (Å²) in [4.78, 5) is 12.1. The number of ether oxygens (including phenoxy) is 1. The van der Waals surface area contributed by atoms with Crippen LogP contribution in [0.4, 0.5) is 4.39 Å². The Balaban J connectivity index is 2.11. The third-order valence-electron chi connectivity index (χ3n) is 3.93. The fourth-order valence-electron chi connectivity index (χ4n) is 2.43. The number of nitrogens with zero attached hydrogens (tertiary/aromatic N) is 1. The standard InChI is InChI=1S/C18H20ClFN2O4S/c1-12(13-4-7-15(20)8-5-13)21-18(23)11-22(2)27(24,25)17-10-14(19)6-9-16(17)26-3/h4-10,12H,11H2,1-3H3,(H,21,23)/t12-/m0/s1. The van der Waals surface area contributed by atoms with Crippen molar-refractivity contribution in [3.63, 3.8) is 0 Å². The second-order valence-corrected chi connectivity index (χ2v) is 8.35. The molecule has 2 aromatic carbocycles. The van der Waals surface area contributed by atoms with Gasteiger partial charge in [-0.2, -0.15) is 4.31 Å². The molecule has 1 atom stereocenters. The maximum Gasteiger partial charge on any atom is 0.247 e. The molecule has 0 saturated heterocycles. The zero-order chi connectivity index (χ0) is 20.2. The van der Waals surface area contributed by atoms with E-state index in [1.54, 1.807) is 19.1 Å². The summed E-state index contributed by atoms with van der Waals surface area (Å²) in [5, 5.41) is 2.92. The molecule has 0 aliphatic carbocycles. The van der Waals surface area contributed by atoms with E-state index >= 15 is 0 Å². The van der Waals surface area contributed by atoms with E-state index < -0.39 is 28.5 Å². The number of likely N-dealkylation sites (N-methyl/N-ethyl adjacent to an activating group) is 1. The van der Waals surface area contributed by atoms with Gasteiger partial charge in [-0.25, -0.2) is 12.8 Å². The average molecular weight is 415 g/mol. The molecule has 0 saturated carbocycles. The molecular weight excluding hydrogens is 395 g/mol. The maximum atomic E-state index is 13.0. The second-order valence-electron chi connectivity index (χ2n) is 5.90. The van der Waals surface area contributed by atoms with Gasteiger partial charge in [0.15, 0.2) is 0 Å². The molecule has 0 aliphatic rings. The molecule has 1 N–H and O–H groups in total. The van der Waals surface area contributed by atoms with E-state index in [-0.39, 0.29) is 21.5 Å². The van der Waals surface area contributed by atoms with Gasteiger partial charge in [0.1, 0.15) is 16.5 Å². The minimum atomic E-state index is -3.99. The smallest absolute Gasteiger partial charge is 0.247 e. The van der Waals surface area contributed by atoms with Crippen molar-refractivity contribution in [2.24, 2.45) is 0 Å². The van der Waals surface area contributed by atoms with Crippen molar-refractivity contribution >= 4 is 27.5 Å². The average Bonchev–Trinajstić information content (AvgIpc) is 2.61. The Kier molecular flexibility index (Phi) is 6.80. The molecule has 0 spiro atoms. The number of halogens is 2. The van der Waals surface area contributed by atoms with Crippen LogP contribution in [0.15, 0.2) is 47.4 Å². The summed E-state index contributed by atoms with van der Waals surface area (Å²) in [5.41, 5.74) is 0.701. The summed E-state index contributed by atoms with van der Waals surface area (Å²) in [6.07, 6.45) is 0. The van der Waals surface area contributed by atoms with Crippen LogP contribution >= 0.6 is 11.6 Å². The van der Waals surface area contributed by atoms with Gasteiger partial charge >= 0.3 is 0 Å². The van der Waals surface area contributed by atoms with Gasteiger partial charge in [0, 0.05) is 12.1 Å². The highest BCUT2D eigenvalue weighted by atomic mass is 35.5. The van der Waals surface area contributed by atoms with Crippen molar-refractivity contribution in [1.82, 2.24) is 9.62 Å². The number of amides is 1. The Labute approximate surface area is 162 Å². The van der Waals surface area contributed by atoms with Crippen LogP contribution in [-0.4, -0.2) is 39.3 Å². The number of methoxy groups -OCH3 is 1. The minimum absolute atomic E-state index is 0.126. The summed E-state index contributed by atoms with van der Waals surface area (Å²) in [6.45, 7) is 1.32. The van der Waals surface area contributed by atoms with Crippen LogP contribution in [0.5, 0.6) is 5.75 Å². The zero-order valence-corrected chi connectivity index (χ0v) is 16.6. The minimum Gasteiger partial charge on any atom is -0.495 e. The number of carbonyl (C=O) groups excluding carboxylic acids is 1. The molecule has 2 aromatic rings. The fraction of sp³-hybridized carbons (Fsp3) is 0.278. The third-order valence-corrected chi connectivity index (χ3v) is 5.99. The van der Waals surface area contributed by atoms with Gasteiger partial charge in [-0.3, -0.25) is 4.79 Å². The van der Waals surface area contributed by atoms with Gasteiger partial charge in [-0.1, -0.05) is 23.7 Å². The number of hydrogen-bond acceptors (Lipinski definition) is 4.